The molecule has 3 rings (SSSR count). The molecule has 0 radical (unpaired) electrons. The first-order chi connectivity index (χ1) is 13.6. The van der Waals surface area contributed by atoms with Crippen molar-refractivity contribution in [2.45, 2.75) is 18.9 Å². The number of rotatable bonds is 8. The lowest BCUT2D eigenvalue weighted by Gasteiger charge is -2.14. The average Bonchev–Trinajstić information content (AvgIpc) is 3.25. The van der Waals surface area contributed by atoms with E-state index in [4.69, 9.17) is 18.9 Å². The zero-order valence-electron chi connectivity index (χ0n) is 16.4. The van der Waals surface area contributed by atoms with Crippen molar-refractivity contribution in [1.29, 1.82) is 0 Å². The normalized spacial score (nSPS) is 15.8. The summed E-state index contributed by atoms with van der Waals surface area (Å²) in [5.41, 5.74) is 2.10. The summed E-state index contributed by atoms with van der Waals surface area (Å²) in [4.78, 5) is 12.6. The SMILES string of the molecule is COc1cc(C(=O)Nc2ccc(NCC3CCCO3)cc2)cc(OC)c1OC. The monoisotopic (exact) mass is 386 g/mol. The van der Waals surface area contributed by atoms with Crippen molar-refractivity contribution >= 4 is 17.3 Å². The van der Waals surface area contributed by atoms with Gasteiger partial charge in [-0.3, -0.25) is 4.79 Å². The summed E-state index contributed by atoms with van der Waals surface area (Å²) in [5.74, 6) is 1.05. The number of benzene rings is 2. The number of ether oxygens (including phenoxy) is 4. The lowest BCUT2D eigenvalue weighted by molar-refractivity contribution is 0.102. The molecule has 28 heavy (non-hydrogen) atoms. The highest BCUT2D eigenvalue weighted by molar-refractivity contribution is 6.05. The van der Waals surface area contributed by atoms with Crippen LogP contribution >= 0.6 is 0 Å². The van der Waals surface area contributed by atoms with Gasteiger partial charge in [-0.2, -0.15) is 0 Å². The Balaban J connectivity index is 1.65. The van der Waals surface area contributed by atoms with E-state index >= 15 is 0 Å². The summed E-state index contributed by atoms with van der Waals surface area (Å²) in [6, 6.07) is 10.8. The zero-order chi connectivity index (χ0) is 19.9. The second kappa shape index (κ2) is 9.32. The molecule has 1 aliphatic heterocycles. The summed E-state index contributed by atoms with van der Waals surface area (Å²) < 4.78 is 21.5. The van der Waals surface area contributed by atoms with Crippen LogP contribution in [0.4, 0.5) is 11.4 Å². The van der Waals surface area contributed by atoms with Crippen molar-refractivity contribution in [3.63, 3.8) is 0 Å². The molecule has 1 fully saturated rings. The Morgan fingerprint density at radius 3 is 2.21 bits per heavy atom. The molecule has 2 aromatic rings. The van der Waals surface area contributed by atoms with Gasteiger partial charge < -0.3 is 29.6 Å². The maximum atomic E-state index is 12.6. The largest absolute Gasteiger partial charge is 0.493 e. The van der Waals surface area contributed by atoms with Crippen molar-refractivity contribution < 1.29 is 23.7 Å². The van der Waals surface area contributed by atoms with E-state index in [2.05, 4.69) is 10.6 Å². The smallest absolute Gasteiger partial charge is 0.255 e. The molecule has 1 unspecified atom stereocenters. The number of amides is 1. The fourth-order valence-corrected chi connectivity index (χ4v) is 3.12. The van der Waals surface area contributed by atoms with Gasteiger partial charge in [-0.1, -0.05) is 0 Å². The number of hydrogen-bond acceptors (Lipinski definition) is 6. The number of carbonyl (C=O) groups excluding carboxylic acids is 1. The molecule has 0 spiro atoms. The van der Waals surface area contributed by atoms with Crippen LogP contribution in [-0.2, 0) is 4.74 Å². The first-order valence-electron chi connectivity index (χ1n) is 9.21. The van der Waals surface area contributed by atoms with Gasteiger partial charge in [0.1, 0.15) is 0 Å². The molecule has 0 saturated carbocycles. The van der Waals surface area contributed by atoms with Crippen LogP contribution in [0, 0.1) is 0 Å². The minimum atomic E-state index is -0.265. The number of carbonyl (C=O) groups is 1. The Hall–Kier alpha value is -2.93. The maximum absolute atomic E-state index is 12.6. The van der Waals surface area contributed by atoms with Gasteiger partial charge in [0.05, 0.1) is 27.4 Å². The summed E-state index contributed by atoms with van der Waals surface area (Å²) in [5, 5.41) is 6.24. The molecule has 1 heterocycles. The van der Waals surface area contributed by atoms with Gasteiger partial charge in [0, 0.05) is 30.1 Å². The van der Waals surface area contributed by atoms with Crippen LogP contribution in [0.25, 0.3) is 0 Å². The fraction of sp³-hybridized carbons (Fsp3) is 0.381. The second-order valence-electron chi connectivity index (χ2n) is 6.46. The molecule has 1 atom stereocenters. The van der Waals surface area contributed by atoms with Crippen molar-refractivity contribution in [2.24, 2.45) is 0 Å². The predicted molar refractivity (Wildman–Crippen MR) is 108 cm³/mol. The van der Waals surface area contributed by atoms with E-state index in [1.54, 1.807) is 12.1 Å². The maximum Gasteiger partial charge on any atom is 0.255 e. The topological polar surface area (TPSA) is 78.1 Å². The Bertz CT molecular complexity index is 776. The number of methoxy groups -OCH3 is 3. The van der Waals surface area contributed by atoms with Crippen LogP contribution in [0.5, 0.6) is 17.2 Å². The lowest BCUT2D eigenvalue weighted by Crippen LogP contribution is -2.18. The minimum Gasteiger partial charge on any atom is -0.493 e. The molecule has 0 bridgehead atoms. The number of nitrogens with one attached hydrogen (secondary N) is 2. The lowest BCUT2D eigenvalue weighted by atomic mass is 10.1. The number of anilines is 2. The van der Waals surface area contributed by atoms with E-state index in [0.717, 1.165) is 31.7 Å². The molecule has 7 heteroatoms. The van der Waals surface area contributed by atoms with Crippen LogP contribution in [0.15, 0.2) is 36.4 Å². The van der Waals surface area contributed by atoms with E-state index in [1.165, 1.54) is 21.3 Å². The van der Waals surface area contributed by atoms with Gasteiger partial charge in [0.15, 0.2) is 11.5 Å². The molecule has 1 saturated heterocycles. The Kier molecular flexibility index (Phi) is 6.60. The molecular weight excluding hydrogens is 360 g/mol. The first-order valence-corrected chi connectivity index (χ1v) is 9.21. The third kappa shape index (κ3) is 4.67. The van der Waals surface area contributed by atoms with E-state index in [-0.39, 0.29) is 12.0 Å². The standard InChI is InChI=1S/C21H26N2O5/c1-25-18-11-14(12-19(26-2)20(18)27-3)21(24)23-16-8-6-15(7-9-16)22-13-17-5-4-10-28-17/h6-9,11-12,17,22H,4-5,10,13H2,1-3H3,(H,23,24). The molecule has 2 N–H and O–H groups in total. The van der Waals surface area contributed by atoms with Gasteiger partial charge in [-0.25, -0.2) is 0 Å². The third-order valence-electron chi connectivity index (χ3n) is 4.63. The Morgan fingerprint density at radius 1 is 1.04 bits per heavy atom. The second-order valence-corrected chi connectivity index (χ2v) is 6.46. The predicted octanol–water partition coefficient (Wildman–Crippen LogP) is 3.56. The molecular formula is C21H26N2O5. The zero-order valence-corrected chi connectivity index (χ0v) is 16.4. The van der Waals surface area contributed by atoms with E-state index in [0.29, 0.717) is 28.5 Å². The van der Waals surface area contributed by atoms with Gasteiger partial charge >= 0.3 is 0 Å². The van der Waals surface area contributed by atoms with Crippen LogP contribution < -0.4 is 24.8 Å². The molecule has 2 aromatic carbocycles. The molecule has 0 aromatic heterocycles. The van der Waals surface area contributed by atoms with Gasteiger partial charge in [-0.15, -0.1) is 0 Å². The van der Waals surface area contributed by atoms with Crippen LogP contribution in [0.3, 0.4) is 0 Å². The summed E-state index contributed by atoms with van der Waals surface area (Å²) in [7, 11) is 4.55. The number of hydrogen-bond donors (Lipinski definition) is 2. The van der Waals surface area contributed by atoms with Crippen LogP contribution in [0.1, 0.15) is 23.2 Å². The minimum absolute atomic E-state index is 0.265. The van der Waals surface area contributed by atoms with Crippen molar-refractivity contribution in [3.05, 3.63) is 42.0 Å². The van der Waals surface area contributed by atoms with Crippen molar-refractivity contribution in [2.75, 3.05) is 45.1 Å². The van der Waals surface area contributed by atoms with E-state index in [1.807, 2.05) is 24.3 Å². The highest BCUT2D eigenvalue weighted by Gasteiger charge is 2.17. The van der Waals surface area contributed by atoms with Gasteiger partial charge in [0.25, 0.3) is 5.91 Å². The molecule has 1 amide bonds. The molecule has 150 valence electrons. The Morgan fingerprint density at radius 2 is 1.68 bits per heavy atom. The third-order valence-corrected chi connectivity index (χ3v) is 4.63. The summed E-state index contributed by atoms with van der Waals surface area (Å²) in [6.07, 6.45) is 2.49. The fourth-order valence-electron chi connectivity index (χ4n) is 3.12. The summed E-state index contributed by atoms with van der Waals surface area (Å²) >= 11 is 0. The van der Waals surface area contributed by atoms with Crippen molar-refractivity contribution in [3.8, 4) is 17.2 Å². The van der Waals surface area contributed by atoms with Gasteiger partial charge in [0.2, 0.25) is 5.75 Å². The average molecular weight is 386 g/mol. The van der Waals surface area contributed by atoms with Crippen LogP contribution in [0.2, 0.25) is 0 Å². The first kappa shape index (κ1) is 19.8. The van der Waals surface area contributed by atoms with Crippen molar-refractivity contribution in [1.82, 2.24) is 0 Å². The molecule has 1 aliphatic rings. The van der Waals surface area contributed by atoms with E-state index < -0.39 is 0 Å². The van der Waals surface area contributed by atoms with Gasteiger partial charge in [-0.05, 0) is 49.2 Å². The molecule has 0 aliphatic carbocycles. The quantitative estimate of drug-likeness (QED) is 0.722. The van der Waals surface area contributed by atoms with Crippen LogP contribution in [-0.4, -0.2) is 46.5 Å². The Labute approximate surface area is 164 Å². The highest BCUT2D eigenvalue weighted by atomic mass is 16.5. The molecule has 7 nitrogen and oxygen atoms in total. The highest BCUT2D eigenvalue weighted by Crippen LogP contribution is 2.38. The summed E-state index contributed by atoms with van der Waals surface area (Å²) in [6.45, 7) is 1.63. The van der Waals surface area contributed by atoms with E-state index in [9.17, 15) is 4.79 Å².